The van der Waals surface area contributed by atoms with Crippen LogP contribution in [0.3, 0.4) is 0 Å². The van der Waals surface area contributed by atoms with Crippen molar-refractivity contribution in [2.45, 2.75) is 32.2 Å². The van der Waals surface area contributed by atoms with Crippen LogP contribution in [0.5, 0.6) is 0 Å². The quantitative estimate of drug-likeness (QED) is 0.594. The van der Waals surface area contributed by atoms with Gasteiger partial charge in [-0.2, -0.15) is 0 Å². The number of nitrogens with one attached hydrogen (secondary N) is 2. The lowest BCUT2D eigenvalue weighted by atomic mass is 10.1. The largest absolute Gasteiger partial charge is 0.480 e. The van der Waals surface area contributed by atoms with E-state index in [2.05, 4.69) is 10.6 Å². The molecule has 0 aromatic carbocycles. The predicted octanol–water partition coefficient (Wildman–Crippen LogP) is 0.308. The number of urea groups is 1. The molecule has 0 saturated heterocycles. The highest BCUT2D eigenvalue weighted by Gasteiger charge is 2.30. The molecule has 2 atom stereocenters. The molecule has 0 aliphatic heterocycles. The van der Waals surface area contributed by atoms with Gasteiger partial charge in [-0.25, -0.2) is 9.59 Å². The summed E-state index contributed by atoms with van der Waals surface area (Å²) < 4.78 is 11.1. The zero-order valence-corrected chi connectivity index (χ0v) is 11.3. The van der Waals surface area contributed by atoms with Gasteiger partial charge in [0.1, 0.15) is 6.04 Å². The van der Waals surface area contributed by atoms with Gasteiger partial charge in [0.15, 0.2) is 0 Å². The van der Waals surface area contributed by atoms with Crippen LogP contribution in [0.15, 0.2) is 0 Å². The number of aliphatic carboxylic acids is 1. The van der Waals surface area contributed by atoms with E-state index >= 15 is 0 Å². The van der Waals surface area contributed by atoms with E-state index in [1.807, 2.05) is 6.92 Å². The molecule has 1 fully saturated rings. The highest BCUT2D eigenvalue weighted by atomic mass is 32.2. The van der Waals surface area contributed by atoms with Crippen molar-refractivity contribution in [3.05, 3.63) is 0 Å². The lowest BCUT2D eigenvalue weighted by molar-refractivity contribution is -0.139. The Kier molecular flexibility index (Phi) is 6.11. The van der Waals surface area contributed by atoms with Gasteiger partial charge >= 0.3 is 12.0 Å². The third-order valence-corrected chi connectivity index (χ3v) is 4.11. The first-order chi connectivity index (χ1) is 8.52. The van der Waals surface area contributed by atoms with E-state index in [9.17, 15) is 13.8 Å². The second-order valence-corrected chi connectivity index (χ2v) is 6.27. The fourth-order valence-corrected chi connectivity index (χ4v) is 2.16. The number of carbonyl (C=O) groups is 2. The van der Waals surface area contributed by atoms with E-state index in [4.69, 9.17) is 5.11 Å². The molecule has 104 valence electrons. The topological polar surface area (TPSA) is 95.5 Å². The molecule has 18 heavy (non-hydrogen) atoms. The summed E-state index contributed by atoms with van der Waals surface area (Å²) in [7, 11) is -0.923. The molecular weight excluding hydrogens is 256 g/mol. The lowest BCUT2D eigenvalue weighted by Gasteiger charge is -2.14. The smallest absolute Gasteiger partial charge is 0.326 e. The number of hydrogen-bond donors (Lipinski definition) is 3. The first kappa shape index (κ1) is 14.9. The lowest BCUT2D eigenvalue weighted by Crippen LogP contribution is -2.47. The van der Waals surface area contributed by atoms with E-state index in [1.54, 1.807) is 0 Å². The highest BCUT2D eigenvalue weighted by Crippen LogP contribution is 2.33. The van der Waals surface area contributed by atoms with Crippen molar-refractivity contribution in [2.75, 3.05) is 18.1 Å². The fourth-order valence-electron chi connectivity index (χ4n) is 1.54. The Bertz CT molecular complexity index is 331. The molecule has 0 heterocycles. The van der Waals surface area contributed by atoms with E-state index in [0.29, 0.717) is 30.4 Å². The maximum Gasteiger partial charge on any atom is 0.326 e. The van der Waals surface area contributed by atoms with Crippen LogP contribution in [0.2, 0.25) is 0 Å². The summed E-state index contributed by atoms with van der Waals surface area (Å²) in [5, 5.41) is 13.9. The average Bonchev–Trinajstić information content (AvgIpc) is 3.11. The Morgan fingerprint density at radius 2 is 2.11 bits per heavy atom. The second-order valence-electron chi connectivity index (χ2n) is 4.40. The molecule has 1 aliphatic rings. The van der Waals surface area contributed by atoms with Crippen LogP contribution in [-0.2, 0) is 15.6 Å². The average molecular weight is 276 g/mol. The van der Waals surface area contributed by atoms with Crippen LogP contribution in [-0.4, -0.2) is 45.4 Å². The number of carboxylic acids is 1. The Hall–Kier alpha value is -1.11. The van der Waals surface area contributed by atoms with Crippen molar-refractivity contribution < 1.29 is 18.9 Å². The van der Waals surface area contributed by atoms with Crippen LogP contribution in [0.1, 0.15) is 26.2 Å². The van der Waals surface area contributed by atoms with Crippen molar-refractivity contribution in [1.29, 1.82) is 0 Å². The maximum atomic E-state index is 11.4. The van der Waals surface area contributed by atoms with Crippen molar-refractivity contribution >= 4 is 22.8 Å². The molecule has 3 N–H and O–H groups in total. The van der Waals surface area contributed by atoms with Crippen LogP contribution in [0.4, 0.5) is 4.79 Å². The summed E-state index contributed by atoms with van der Waals surface area (Å²) in [4.78, 5) is 22.4. The maximum absolute atomic E-state index is 11.4. The molecular formula is C11H20N2O4S. The Morgan fingerprint density at radius 3 is 2.61 bits per heavy atom. The number of carbonyl (C=O) groups excluding carboxylic acids is 1. The summed E-state index contributed by atoms with van der Waals surface area (Å²) in [6.45, 7) is 2.11. The minimum absolute atomic E-state index is 0.294. The van der Waals surface area contributed by atoms with Crippen molar-refractivity contribution in [3.63, 3.8) is 0 Å². The molecule has 6 nitrogen and oxygen atoms in total. The van der Waals surface area contributed by atoms with Crippen molar-refractivity contribution in [2.24, 2.45) is 5.92 Å². The fraction of sp³-hybridized carbons (Fsp3) is 0.818. The molecule has 1 rings (SSSR count). The Balaban J connectivity index is 2.23. The van der Waals surface area contributed by atoms with Gasteiger partial charge in [0.05, 0.1) is 0 Å². The van der Waals surface area contributed by atoms with Crippen LogP contribution >= 0.6 is 0 Å². The number of carboxylic acid groups (broad SMARTS) is 1. The number of hydrogen-bond acceptors (Lipinski definition) is 3. The third kappa shape index (κ3) is 6.00. The first-order valence-corrected chi connectivity index (χ1v) is 7.63. The van der Waals surface area contributed by atoms with Gasteiger partial charge in [-0.15, -0.1) is 0 Å². The molecule has 1 unspecified atom stereocenters. The van der Waals surface area contributed by atoms with Crippen LogP contribution in [0, 0.1) is 5.92 Å². The summed E-state index contributed by atoms with van der Waals surface area (Å²) in [6, 6.07) is -1.33. The van der Waals surface area contributed by atoms with Gasteiger partial charge < -0.3 is 15.7 Å². The van der Waals surface area contributed by atoms with Gasteiger partial charge in [0.25, 0.3) is 0 Å². The van der Waals surface area contributed by atoms with Crippen molar-refractivity contribution in [3.8, 4) is 0 Å². The van der Waals surface area contributed by atoms with E-state index in [-0.39, 0.29) is 0 Å². The molecule has 7 heteroatoms. The van der Waals surface area contributed by atoms with E-state index in [0.717, 1.165) is 12.8 Å². The summed E-state index contributed by atoms with van der Waals surface area (Å²) in [6.07, 6.45) is 2.58. The Morgan fingerprint density at radius 1 is 1.44 bits per heavy atom. The molecule has 0 radical (unpaired) electrons. The molecule has 1 saturated carbocycles. The summed E-state index contributed by atoms with van der Waals surface area (Å²) in [5.74, 6) is 0.376. The monoisotopic (exact) mass is 276 g/mol. The molecule has 0 aromatic rings. The molecule has 2 amide bonds. The minimum atomic E-state index is -1.01. The zero-order valence-electron chi connectivity index (χ0n) is 10.5. The van der Waals surface area contributed by atoms with Crippen molar-refractivity contribution in [1.82, 2.24) is 10.6 Å². The molecule has 1 aliphatic carbocycles. The highest BCUT2D eigenvalue weighted by molar-refractivity contribution is 7.84. The van der Waals surface area contributed by atoms with Gasteiger partial charge in [0, 0.05) is 28.9 Å². The summed E-state index contributed by atoms with van der Waals surface area (Å²) in [5.41, 5.74) is 0. The Labute approximate surface area is 109 Å². The summed E-state index contributed by atoms with van der Waals surface area (Å²) >= 11 is 0. The van der Waals surface area contributed by atoms with E-state index in [1.165, 1.54) is 0 Å². The van der Waals surface area contributed by atoms with E-state index < -0.39 is 28.8 Å². The predicted molar refractivity (Wildman–Crippen MR) is 68.8 cm³/mol. The van der Waals surface area contributed by atoms with Gasteiger partial charge in [0.2, 0.25) is 0 Å². The third-order valence-electron chi connectivity index (χ3n) is 2.81. The number of rotatable bonds is 8. The minimum Gasteiger partial charge on any atom is -0.480 e. The van der Waals surface area contributed by atoms with Crippen LogP contribution < -0.4 is 10.6 Å². The van der Waals surface area contributed by atoms with Gasteiger partial charge in [-0.3, -0.25) is 4.21 Å². The number of amides is 2. The SMILES string of the molecule is CCS(=O)CCNC(=O)N[C@@H](CC1CC1)C(=O)O. The van der Waals surface area contributed by atoms with Crippen LogP contribution in [0.25, 0.3) is 0 Å². The van der Waals surface area contributed by atoms with Gasteiger partial charge in [-0.1, -0.05) is 19.8 Å². The molecule has 0 aromatic heterocycles. The normalized spacial score (nSPS) is 17.8. The standard InChI is InChI=1S/C11H20N2O4S/c1-2-18(17)6-5-12-11(16)13-9(10(14)15)7-8-3-4-8/h8-9H,2-7H2,1H3,(H,14,15)(H2,12,13,16)/t9-,18?/m0/s1. The van der Waals surface area contributed by atoms with Gasteiger partial charge in [-0.05, 0) is 12.3 Å². The zero-order chi connectivity index (χ0) is 13.5. The molecule has 0 bridgehead atoms. The molecule has 0 spiro atoms. The first-order valence-electron chi connectivity index (χ1n) is 6.15. The second kappa shape index (κ2) is 7.35.